The van der Waals surface area contributed by atoms with Crippen LogP contribution in [0.4, 0.5) is 4.39 Å². The highest BCUT2D eigenvalue weighted by molar-refractivity contribution is 5.39. The average molecular weight is 184 g/mol. The molecule has 13 heavy (non-hydrogen) atoms. The molecule has 0 heterocycles. The molecule has 0 unspecified atom stereocenters. The Hall–Kier alpha value is -1.19. The van der Waals surface area contributed by atoms with Crippen molar-refractivity contribution in [3.8, 4) is 0 Å². The van der Waals surface area contributed by atoms with Crippen LogP contribution in [-0.4, -0.2) is 16.5 Å². The fourth-order valence-corrected chi connectivity index (χ4v) is 0.734. The first-order chi connectivity index (χ1) is 6.02. The van der Waals surface area contributed by atoms with Gasteiger partial charge < -0.3 is 10.2 Å². The van der Waals surface area contributed by atoms with Gasteiger partial charge >= 0.3 is 0 Å². The SMILES string of the molecule is C=CC(=CC(=CC)C(O)O)C(=C)F. The van der Waals surface area contributed by atoms with E-state index < -0.39 is 12.1 Å². The number of rotatable bonds is 4. The number of allylic oxidation sites excluding steroid dienone is 4. The van der Waals surface area contributed by atoms with Crippen LogP contribution in [-0.2, 0) is 0 Å². The zero-order valence-electron chi connectivity index (χ0n) is 7.50. The summed E-state index contributed by atoms with van der Waals surface area (Å²) < 4.78 is 12.6. The van der Waals surface area contributed by atoms with E-state index in [2.05, 4.69) is 13.2 Å². The topological polar surface area (TPSA) is 40.5 Å². The first kappa shape index (κ1) is 11.8. The first-order valence-corrected chi connectivity index (χ1v) is 3.74. The Morgan fingerprint density at radius 2 is 2.00 bits per heavy atom. The molecule has 0 rings (SSSR count). The Morgan fingerprint density at radius 3 is 2.23 bits per heavy atom. The zero-order valence-corrected chi connectivity index (χ0v) is 7.50. The van der Waals surface area contributed by atoms with Gasteiger partial charge in [-0.3, -0.25) is 0 Å². The second kappa shape index (κ2) is 5.45. The minimum Gasteiger partial charge on any atom is -0.364 e. The van der Waals surface area contributed by atoms with Gasteiger partial charge in [-0.15, -0.1) is 0 Å². The number of hydrogen-bond donors (Lipinski definition) is 2. The summed E-state index contributed by atoms with van der Waals surface area (Å²) >= 11 is 0. The molecular weight excluding hydrogens is 171 g/mol. The molecule has 0 fully saturated rings. The van der Waals surface area contributed by atoms with E-state index in [9.17, 15) is 4.39 Å². The van der Waals surface area contributed by atoms with Crippen molar-refractivity contribution in [2.45, 2.75) is 13.2 Å². The molecule has 0 spiro atoms. The molecule has 0 aromatic rings. The number of halogens is 1. The predicted octanol–water partition coefficient (Wildman–Crippen LogP) is 1.84. The Labute approximate surface area is 77.0 Å². The van der Waals surface area contributed by atoms with Crippen molar-refractivity contribution in [1.29, 1.82) is 0 Å². The maximum atomic E-state index is 12.6. The lowest BCUT2D eigenvalue weighted by Crippen LogP contribution is -2.06. The molecule has 72 valence electrons. The minimum atomic E-state index is -1.61. The minimum absolute atomic E-state index is 0.140. The summed E-state index contributed by atoms with van der Waals surface area (Å²) in [4.78, 5) is 0. The molecule has 2 N–H and O–H groups in total. The quantitative estimate of drug-likeness (QED) is 0.517. The van der Waals surface area contributed by atoms with Crippen LogP contribution in [0.2, 0.25) is 0 Å². The van der Waals surface area contributed by atoms with Gasteiger partial charge in [0.25, 0.3) is 0 Å². The molecule has 0 saturated carbocycles. The largest absolute Gasteiger partial charge is 0.364 e. The number of aliphatic hydroxyl groups excluding tert-OH is 1. The van der Waals surface area contributed by atoms with Gasteiger partial charge in [0.05, 0.1) is 0 Å². The summed E-state index contributed by atoms with van der Waals surface area (Å²) in [5.74, 6) is -0.657. The highest BCUT2D eigenvalue weighted by Gasteiger charge is 2.04. The van der Waals surface area contributed by atoms with Crippen LogP contribution in [0, 0.1) is 0 Å². The molecule has 0 amide bonds. The van der Waals surface area contributed by atoms with Crippen LogP contribution >= 0.6 is 0 Å². The highest BCUT2D eigenvalue weighted by atomic mass is 19.1. The van der Waals surface area contributed by atoms with Crippen LogP contribution < -0.4 is 0 Å². The summed E-state index contributed by atoms with van der Waals surface area (Å²) in [6, 6.07) is 0. The molecule has 0 atom stereocenters. The molecule has 3 heteroatoms. The van der Waals surface area contributed by atoms with E-state index in [-0.39, 0.29) is 11.1 Å². The van der Waals surface area contributed by atoms with Crippen LogP contribution in [0.25, 0.3) is 0 Å². The summed E-state index contributed by atoms with van der Waals surface area (Å²) in [6.45, 7) is 8.06. The Morgan fingerprint density at radius 1 is 1.46 bits per heavy atom. The third kappa shape index (κ3) is 3.83. The molecule has 0 saturated heterocycles. The molecule has 0 aliphatic rings. The van der Waals surface area contributed by atoms with Gasteiger partial charge in [0.15, 0.2) is 6.29 Å². The molecule has 0 aliphatic heterocycles. The van der Waals surface area contributed by atoms with E-state index >= 15 is 0 Å². The van der Waals surface area contributed by atoms with Crippen molar-refractivity contribution in [2.24, 2.45) is 0 Å². The monoisotopic (exact) mass is 184 g/mol. The van der Waals surface area contributed by atoms with Gasteiger partial charge in [0.1, 0.15) is 5.83 Å². The van der Waals surface area contributed by atoms with Crippen LogP contribution in [0.3, 0.4) is 0 Å². The lowest BCUT2D eigenvalue weighted by Gasteiger charge is -2.05. The highest BCUT2D eigenvalue weighted by Crippen LogP contribution is 2.14. The molecular formula is C10H13FO2. The summed E-state index contributed by atoms with van der Waals surface area (Å²) in [6.07, 6.45) is 2.39. The van der Waals surface area contributed by atoms with Gasteiger partial charge in [-0.1, -0.05) is 25.3 Å². The molecule has 0 bridgehead atoms. The second-order valence-corrected chi connectivity index (χ2v) is 2.37. The first-order valence-electron chi connectivity index (χ1n) is 3.74. The third-order valence-electron chi connectivity index (χ3n) is 1.49. The fraction of sp³-hybridized carbons (Fsp3) is 0.200. The molecule has 0 aliphatic carbocycles. The maximum absolute atomic E-state index is 12.6. The summed E-state index contributed by atoms with van der Waals surface area (Å²) in [5.41, 5.74) is 0.343. The third-order valence-corrected chi connectivity index (χ3v) is 1.49. The Kier molecular flexibility index (Phi) is 4.96. The summed E-state index contributed by atoms with van der Waals surface area (Å²) in [5, 5.41) is 17.6. The van der Waals surface area contributed by atoms with Gasteiger partial charge in [-0.2, -0.15) is 0 Å². The van der Waals surface area contributed by atoms with E-state index in [1.165, 1.54) is 18.2 Å². The fourth-order valence-electron chi connectivity index (χ4n) is 0.734. The van der Waals surface area contributed by atoms with Crippen LogP contribution in [0.5, 0.6) is 0 Å². The van der Waals surface area contributed by atoms with Crippen molar-refractivity contribution in [3.05, 3.63) is 48.4 Å². The lowest BCUT2D eigenvalue weighted by molar-refractivity contribution is -0.00498. The van der Waals surface area contributed by atoms with Gasteiger partial charge in [0, 0.05) is 11.1 Å². The standard InChI is InChI=1S/C10H13FO2/c1-4-8(7(3)11)6-9(5-2)10(12)13/h4-6,10,12-13H,1,3H2,2H3. The van der Waals surface area contributed by atoms with Crippen molar-refractivity contribution in [3.63, 3.8) is 0 Å². The van der Waals surface area contributed by atoms with Crippen molar-refractivity contribution < 1.29 is 14.6 Å². The van der Waals surface area contributed by atoms with Gasteiger partial charge in [-0.25, -0.2) is 4.39 Å². The van der Waals surface area contributed by atoms with Crippen LogP contribution in [0.15, 0.2) is 48.4 Å². The van der Waals surface area contributed by atoms with Gasteiger partial charge in [0.2, 0.25) is 0 Å². The molecule has 0 aromatic carbocycles. The average Bonchev–Trinajstić information content (AvgIpc) is 2.05. The number of hydrogen-bond acceptors (Lipinski definition) is 2. The van der Waals surface area contributed by atoms with E-state index in [1.54, 1.807) is 6.92 Å². The lowest BCUT2D eigenvalue weighted by atomic mass is 10.1. The van der Waals surface area contributed by atoms with E-state index in [0.29, 0.717) is 0 Å². The van der Waals surface area contributed by atoms with E-state index in [1.807, 2.05) is 0 Å². The molecule has 2 nitrogen and oxygen atoms in total. The Bertz CT molecular complexity index is 262. The summed E-state index contributed by atoms with van der Waals surface area (Å²) in [7, 11) is 0. The van der Waals surface area contributed by atoms with E-state index in [0.717, 1.165) is 0 Å². The van der Waals surface area contributed by atoms with Crippen molar-refractivity contribution >= 4 is 0 Å². The van der Waals surface area contributed by atoms with Crippen molar-refractivity contribution in [1.82, 2.24) is 0 Å². The molecule has 0 radical (unpaired) electrons. The zero-order chi connectivity index (χ0) is 10.4. The van der Waals surface area contributed by atoms with Crippen molar-refractivity contribution in [2.75, 3.05) is 0 Å². The normalized spacial score (nSPS) is 13.3. The van der Waals surface area contributed by atoms with Crippen LogP contribution in [0.1, 0.15) is 6.92 Å². The predicted molar refractivity (Wildman–Crippen MR) is 50.5 cm³/mol. The second-order valence-electron chi connectivity index (χ2n) is 2.37. The van der Waals surface area contributed by atoms with Gasteiger partial charge in [-0.05, 0) is 13.0 Å². The Balaban J connectivity index is 4.87. The van der Waals surface area contributed by atoms with E-state index in [4.69, 9.17) is 10.2 Å². The molecule has 0 aromatic heterocycles. The number of aliphatic hydroxyl groups is 2. The smallest absolute Gasteiger partial charge is 0.178 e. The maximum Gasteiger partial charge on any atom is 0.178 e.